The molecule has 1 heterocycles. The van der Waals surface area contributed by atoms with Crippen molar-refractivity contribution in [3.05, 3.63) is 96.0 Å². The molecule has 0 saturated heterocycles. The van der Waals surface area contributed by atoms with E-state index in [2.05, 4.69) is 40.7 Å². The molecule has 39 heavy (non-hydrogen) atoms. The Labute approximate surface area is 246 Å². The average molecular weight is 569 g/mol. The summed E-state index contributed by atoms with van der Waals surface area (Å²) in [6, 6.07) is 17.7. The van der Waals surface area contributed by atoms with Gasteiger partial charge in [0.2, 0.25) is 16.0 Å². The summed E-state index contributed by atoms with van der Waals surface area (Å²) in [5.74, 6) is -2.01. The molecular weight excluding hydrogens is 541 g/mol. The van der Waals surface area contributed by atoms with Gasteiger partial charge >= 0.3 is 18.9 Å². The molecule has 0 radical (unpaired) electrons. The minimum Gasteiger partial charge on any atom is -0.487 e. The van der Waals surface area contributed by atoms with Crippen LogP contribution in [0.5, 0.6) is 5.75 Å². The van der Waals surface area contributed by atoms with E-state index in [-0.39, 0.29) is 49.7 Å². The number of ether oxygens (including phenoxy) is 1. The molecule has 0 unspecified atom stereocenters. The molecule has 0 spiro atoms. The van der Waals surface area contributed by atoms with Gasteiger partial charge in [-0.1, -0.05) is 31.5 Å². The molecule has 0 aliphatic rings. The molecule has 2 aromatic carbocycles. The SMILES string of the molecule is CC(C)(c1ccc(OCc2ccnc(NS(C)(=O)=O)n2)cc1)c1cc(Cl)[c-]c(C#N)c1.[CH2-]CC(F)(F)C[CH2-].[Li+]. The van der Waals surface area contributed by atoms with Crippen LogP contribution in [0.3, 0.4) is 0 Å². The van der Waals surface area contributed by atoms with E-state index in [0.29, 0.717) is 22.0 Å². The Morgan fingerprint density at radius 3 is 2.26 bits per heavy atom. The van der Waals surface area contributed by atoms with E-state index in [1.165, 1.54) is 6.20 Å². The van der Waals surface area contributed by atoms with E-state index in [1.807, 2.05) is 44.2 Å². The molecule has 0 bridgehead atoms. The van der Waals surface area contributed by atoms with Crippen molar-refractivity contribution in [2.24, 2.45) is 0 Å². The number of nitrogens with zero attached hydrogens (tertiary/aromatic N) is 3. The van der Waals surface area contributed by atoms with Crippen molar-refractivity contribution in [3.63, 3.8) is 0 Å². The molecule has 0 atom stereocenters. The summed E-state index contributed by atoms with van der Waals surface area (Å²) >= 11 is 6.12. The molecule has 0 saturated carbocycles. The van der Waals surface area contributed by atoms with Crippen molar-refractivity contribution in [2.45, 2.75) is 44.6 Å². The molecule has 0 aliphatic heterocycles. The first kappa shape index (κ1) is 34.3. The second kappa shape index (κ2) is 14.6. The predicted molar refractivity (Wildman–Crippen MR) is 143 cm³/mol. The number of sulfonamides is 1. The van der Waals surface area contributed by atoms with Gasteiger partial charge in [0.25, 0.3) is 0 Å². The van der Waals surface area contributed by atoms with Gasteiger partial charge < -0.3 is 18.6 Å². The maximum Gasteiger partial charge on any atom is 1.00 e. The van der Waals surface area contributed by atoms with Gasteiger partial charge in [0.05, 0.1) is 11.9 Å². The molecule has 0 fully saturated rings. The van der Waals surface area contributed by atoms with Crippen LogP contribution < -0.4 is 28.3 Å². The van der Waals surface area contributed by atoms with Gasteiger partial charge in [-0.25, -0.2) is 27.2 Å². The predicted octanol–water partition coefficient (Wildman–Crippen LogP) is 3.15. The molecule has 1 N–H and O–H groups in total. The van der Waals surface area contributed by atoms with Crippen molar-refractivity contribution in [2.75, 3.05) is 11.0 Å². The summed E-state index contributed by atoms with van der Waals surface area (Å²) < 4.78 is 54.1. The van der Waals surface area contributed by atoms with Gasteiger partial charge in [0, 0.05) is 6.20 Å². The first-order chi connectivity index (χ1) is 17.7. The van der Waals surface area contributed by atoms with Crippen molar-refractivity contribution in [1.29, 1.82) is 5.26 Å². The normalized spacial score (nSPS) is 11.4. The fourth-order valence-electron chi connectivity index (χ4n) is 3.06. The Morgan fingerprint density at radius 2 is 1.74 bits per heavy atom. The number of benzene rings is 2. The third-order valence-electron chi connectivity index (χ3n) is 5.36. The quantitative estimate of drug-likeness (QED) is 0.314. The van der Waals surface area contributed by atoms with Crippen LogP contribution in [0.1, 0.15) is 49.1 Å². The van der Waals surface area contributed by atoms with Crippen LogP contribution in [0, 0.1) is 31.2 Å². The fraction of sp³-hybridized carbons (Fsp3) is 0.296. The Kier molecular flexibility index (Phi) is 12.9. The zero-order valence-electron chi connectivity index (χ0n) is 22.3. The minimum absolute atomic E-state index is 0. The Hall–Kier alpha value is -2.69. The first-order valence-corrected chi connectivity index (χ1v) is 13.6. The van der Waals surface area contributed by atoms with Crippen LogP contribution in [0.2, 0.25) is 5.02 Å². The maximum absolute atomic E-state index is 11.8. The zero-order chi connectivity index (χ0) is 28.6. The first-order valence-electron chi connectivity index (χ1n) is 11.3. The van der Waals surface area contributed by atoms with Gasteiger partial charge in [-0.3, -0.25) is 9.98 Å². The molecular formula is C27H28ClF2LiN4O3S-2. The average Bonchev–Trinajstić information content (AvgIpc) is 2.87. The second-order valence-corrected chi connectivity index (χ2v) is 10.9. The number of alkyl halides is 2. The zero-order valence-corrected chi connectivity index (χ0v) is 23.8. The standard InChI is InChI=1S/C22H20ClN4O3S.C5H8F2.Li/c1-22(2,17-10-15(13-24)11-18(23)12-17)16-4-6-20(7-5-16)30-14-19-8-9-25-21(26-19)27-31(3,28)29;1-3-5(6,7)4-2;/h4-10,12H,14H2,1-3H3,(H,25,26,27);1-4H2;/q-1;-2;+1. The minimum atomic E-state index is -3.45. The summed E-state index contributed by atoms with van der Waals surface area (Å²) in [6.07, 6.45) is 1.79. The van der Waals surface area contributed by atoms with E-state index in [4.69, 9.17) is 16.3 Å². The third-order valence-corrected chi connectivity index (χ3v) is 6.12. The number of anilines is 1. The Balaban J connectivity index is 0.000000841. The van der Waals surface area contributed by atoms with Gasteiger partial charge in [0.15, 0.2) is 5.92 Å². The van der Waals surface area contributed by atoms with Crippen LogP contribution in [-0.4, -0.2) is 30.6 Å². The van der Waals surface area contributed by atoms with Crippen LogP contribution >= 0.6 is 11.6 Å². The Bertz CT molecular complexity index is 1380. The number of nitriles is 1. The monoisotopic (exact) mass is 568 g/mol. The number of hydrogen-bond acceptors (Lipinski definition) is 6. The fourth-order valence-corrected chi connectivity index (χ4v) is 3.71. The van der Waals surface area contributed by atoms with Gasteiger partial charge in [0.1, 0.15) is 12.4 Å². The van der Waals surface area contributed by atoms with Crippen molar-refractivity contribution in [3.8, 4) is 11.8 Å². The van der Waals surface area contributed by atoms with Crippen LogP contribution in [0.15, 0.2) is 48.7 Å². The molecule has 7 nitrogen and oxygen atoms in total. The van der Waals surface area contributed by atoms with E-state index < -0.39 is 15.9 Å². The summed E-state index contributed by atoms with van der Waals surface area (Å²) in [5, 5.41) is 9.59. The molecule has 1 aromatic heterocycles. The van der Waals surface area contributed by atoms with E-state index in [9.17, 15) is 22.5 Å². The number of halogens is 3. The number of nitrogens with one attached hydrogen (secondary N) is 1. The molecule has 204 valence electrons. The molecule has 0 amide bonds. The Morgan fingerprint density at radius 1 is 1.13 bits per heavy atom. The van der Waals surface area contributed by atoms with Gasteiger partial charge in [-0.15, -0.1) is 48.2 Å². The third kappa shape index (κ3) is 11.1. The number of rotatable bonds is 9. The van der Waals surface area contributed by atoms with E-state index in [1.54, 1.807) is 12.1 Å². The van der Waals surface area contributed by atoms with Crippen molar-refractivity contribution >= 4 is 27.6 Å². The summed E-state index contributed by atoms with van der Waals surface area (Å²) in [4.78, 5) is 8.00. The molecule has 3 aromatic rings. The van der Waals surface area contributed by atoms with E-state index in [0.717, 1.165) is 17.4 Å². The van der Waals surface area contributed by atoms with Gasteiger partial charge in [-0.05, 0) is 40.3 Å². The van der Waals surface area contributed by atoms with Crippen LogP contribution in [0.4, 0.5) is 14.7 Å². The molecule has 3 rings (SSSR count). The number of hydrogen-bond donors (Lipinski definition) is 1. The maximum atomic E-state index is 11.8. The smallest absolute Gasteiger partial charge is 0.487 e. The largest absolute Gasteiger partial charge is 1.00 e. The summed E-state index contributed by atoms with van der Waals surface area (Å²) in [7, 11) is -3.45. The second-order valence-electron chi connectivity index (χ2n) is 8.78. The summed E-state index contributed by atoms with van der Waals surface area (Å²) in [5.41, 5.74) is 2.47. The summed E-state index contributed by atoms with van der Waals surface area (Å²) in [6.45, 7) is 10.3. The van der Waals surface area contributed by atoms with Crippen molar-refractivity contribution in [1.82, 2.24) is 9.97 Å². The van der Waals surface area contributed by atoms with E-state index >= 15 is 0 Å². The van der Waals surface area contributed by atoms with Crippen LogP contribution in [-0.2, 0) is 22.0 Å². The van der Waals surface area contributed by atoms with Crippen LogP contribution in [0.25, 0.3) is 0 Å². The molecule has 12 heteroatoms. The van der Waals surface area contributed by atoms with Crippen molar-refractivity contribution < 1.29 is 40.8 Å². The number of aromatic nitrogens is 2. The topological polar surface area (TPSA) is 105 Å². The molecule has 0 aliphatic carbocycles. The van der Waals surface area contributed by atoms with Gasteiger partial charge in [-0.2, -0.15) is 0 Å².